The zero-order valence-corrected chi connectivity index (χ0v) is 6.07. The Morgan fingerprint density at radius 2 is 2.12 bits per heavy atom. The highest BCUT2D eigenvalue weighted by atomic mass is 13.9. The van der Waals surface area contributed by atoms with Crippen LogP contribution < -0.4 is 0 Å². The Hall–Kier alpha value is -0.260. The van der Waals surface area contributed by atoms with Crippen molar-refractivity contribution in [2.45, 2.75) is 33.6 Å². The fourth-order valence-corrected chi connectivity index (χ4v) is 0.490. The summed E-state index contributed by atoms with van der Waals surface area (Å²) in [5.74, 6) is 0. The third-order valence-electron chi connectivity index (χ3n) is 1.21. The van der Waals surface area contributed by atoms with Crippen LogP contribution in [0, 0.1) is 6.42 Å². The summed E-state index contributed by atoms with van der Waals surface area (Å²) in [5.41, 5.74) is 1.40. The van der Waals surface area contributed by atoms with Gasteiger partial charge in [-0.2, -0.15) is 0 Å². The Kier molecular flexibility index (Phi) is 4.73. The molecule has 0 aromatic heterocycles. The Morgan fingerprint density at radius 3 is 2.50 bits per heavy atom. The molecule has 0 atom stereocenters. The van der Waals surface area contributed by atoms with E-state index in [1.165, 1.54) is 18.4 Å². The summed E-state index contributed by atoms with van der Waals surface area (Å²) in [7, 11) is 0. The molecule has 8 heavy (non-hydrogen) atoms. The predicted molar refractivity (Wildman–Crippen MR) is 38.6 cm³/mol. The molecular weight excluding hydrogens is 96.1 g/mol. The molecule has 0 spiro atoms. The lowest BCUT2D eigenvalue weighted by Gasteiger charge is -1.90. The van der Waals surface area contributed by atoms with Gasteiger partial charge in [-0.25, -0.2) is 0 Å². The quantitative estimate of drug-likeness (QED) is 0.525. The van der Waals surface area contributed by atoms with Crippen molar-refractivity contribution in [2.75, 3.05) is 0 Å². The standard InChI is InChI=1S/C8H15/c1-4-6-7-8(3)5-2/h5,7H,4,6H2,1-3H3/b8-7+. The van der Waals surface area contributed by atoms with Gasteiger partial charge in [0.05, 0.1) is 0 Å². The van der Waals surface area contributed by atoms with Crippen LogP contribution in [-0.4, -0.2) is 0 Å². The molecule has 0 N–H and O–H groups in total. The average molecular weight is 111 g/mol. The lowest BCUT2D eigenvalue weighted by molar-refractivity contribution is 0.949. The molecule has 0 aliphatic rings. The highest BCUT2D eigenvalue weighted by molar-refractivity contribution is 5.07. The molecule has 0 aromatic rings. The second kappa shape index (κ2) is 4.89. The summed E-state index contributed by atoms with van der Waals surface area (Å²) >= 11 is 0. The maximum Gasteiger partial charge on any atom is -0.0172 e. The van der Waals surface area contributed by atoms with Gasteiger partial charge < -0.3 is 0 Å². The summed E-state index contributed by atoms with van der Waals surface area (Å²) < 4.78 is 0. The summed E-state index contributed by atoms with van der Waals surface area (Å²) in [6, 6.07) is 0. The van der Waals surface area contributed by atoms with Gasteiger partial charge in [-0.1, -0.05) is 31.9 Å². The first-order chi connectivity index (χ1) is 3.81. The van der Waals surface area contributed by atoms with Gasteiger partial charge in [-0.15, -0.1) is 0 Å². The minimum absolute atomic E-state index is 1.22. The number of unbranched alkanes of at least 4 members (excludes halogenated alkanes) is 1. The first-order valence-corrected chi connectivity index (χ1v) is 3.27. The van der Waals surface area contributed by atoms with Crippen molar-refractivity contribution >= 4 is 0 Å². The van der Waals surface area contributed by atoms with E-state index in [0.717, 1.165) is 0 Å². The minimum atomic E-state index is 1.22. The second-order valence-electron chi connectivity index (χ2n) is 2.03. The van der Waals surface area contributed by atoms with E-state index in [0.29, 0.717) is 0 Å². The SMILES string of the molecule is C[CH]/C(C)=C/CCC. The molecule has 0 fully saturated rings. The molecule has 0 heteroatoms. The Morgan fingerprint density at radius 1 is 1.50 bits per heavy atom. The van der Waals surface area contributed by atoms with E-state index in [2.05, 4.69) is 33.3 Å². The van der Waals surface area contributed by atoms with Crippen molar-refractivity contribution in [2.24, 2.45) is 0 Å². The van der Waals surface area contributed by atoms with E-state index in [9.17, 15) is 0 Å². The zero-order chi connectivity index (χ0) is 6.41. The molecule has 0 nitrogen and oxygen atoms in total. The molecule has 0 bridgehead atoms. The van der Waals surface area contributed by atoms with Crippen LogP contribution >= 0.6 is 0 Å². The maximum absolute atomic E-state index is 2.26. The van der Waals surface area contributed by atoms with Gasteiger partial charge >= 0.3 is 0 Å². The molecule has 0 saturated carbocycles. The monoisotopic (exact) mass is 111 g/mol. The number of hydrogen-bond donors (Lipinski definition) is 0. The molecule has 47 valence electrons. The molecule has 0 rings (SSSR count). The molecule has 0 unspecified atom stereocenters. The third-order valence-corrected chi connectivity index (χ3v) is 1.21. The zero-order valence-electron chi connectivity index (χ0n) is 6.07. The predicted octanol–water partition coefficient (Wildman–Crippen LogP) is 2.96. The van der Waals surface area contributed by atoms with E-state index in [1.807, 2.05) is 0 Å². The molecule has 0 saturated heterocycles. The fourth-order valence-electron chi connectivity index (χ4n) is 0.490. The number of allylic oxidation sites excluding steroid dienone is 2. The molecule has 1 radical (unpaired) electrons. The first kappa shape index (κ1) is 7.74. The topological polar surface area (TPSA) is 0 Å². The lowest BCUT2D eigenvalue weighted by Crippen LogP contribution is -1.71. The third kappa shape index (κ3) is 3.91. The summed E-state index contributed by atoms with van der Waals surface area (Å²) in [6.45, 7) is 6.40. The smallest absolute Gasteiger partial charge is 0.0172 e. The van der Waals surface area contributed by atoms with Gasteiger partial charge in [0.1, 0.15) is 0 Å². The summed E-state index contributed by atoms with van der Waals surface area (Å²) in [6.07, 6.45) is 6.87. The molecule has 0 aliphatic heterocycles. The Balaban J connectivity index is 3.26. The van der Waals surface area contributed by atoms with Crippen molar-refractivity contribution in [3.8, 4) is 0 Å². The van der Waals surface area contributed by atoms with Crippen molar-refractivity contribution in [3.63, 3.8) is 0 Å². The Bertz CT molecular complexity index is 70.1. The summed E-state index contributed by atoms with van der Waals surface area (Å²) in [5, 5.41) is 0. The first-order valence-electron chi connectivity index (χ1n) is 3.27. The van der Waals surface area contributed by atoms with Crippen LogP contribution in [0.5, 0.6) is 0 Å². The molecule has 0 amide bonds. The summed E-state index contributed by atoms with van der Waals surface area (Å²) in [4.78, 5) is 0. The van der Waals surface area contributed by atoms with E-state index >= 15 is 0 Å². The van der Waals surface area contributed by atoms with Crippen LogP contribution in [0.2, 0.25) is 0 Å². The van der Waals surface area contributed by atoms with Gasteiger partial charge in [0, 0.05) is 0 Å². The van der Waals surface area contributed by atoms with Crippen LogP contribution in [0.1, 0.15) is 33.6 Å². The number of hydrogen-bond acceptors (Lipinski definition) is 0. The average Bonchev–Trinajstić information content (AvgIpc) is 1.83. The molecular formula is C8H15. The van der Waals surface area contributed by atoms with Crippen LogP contribution in [0.15, 0.2) is 11.6 Å². The van der Waals surface area contributed by atoms with Gasteiger partial charge in [0.2, 0.25) is 0 Å². The number of rotatable bonds is 3. The van der Waals surface area contributed by atoms with E-state index < -0.39 is 0 Å². The normalized spacial score (nSPS) is 12.1. The van der Waals surface area contributed by atoms with Gasteiger partial charge in [-0.05, 0) is 19.8 Å². The van der Waals surface area contributed by atoms with E-state index in [-0.39, 0.29) is 0 Å². The van der Waals surface area contributed by atoms with Gasteiger partial charge in [0.25, 0.3) is 0 Å². The van der Waals surface area contributed by atoms with Gasteiger partial charge in [-0.3, -0.25) is 0 Å². The highest BCUT2D eigenvalue weighted by Crippen LogP contribution is 1.99. The van der Waals surface area contributed by atoms with E-state index in [1.54, 1.807) is 0 Å². The lowest BCUT2D eigenvalue weighted by atomic mass is 10.2. The van der Waals surface area contributed by atoms with Crippen LogP contribution in [-0.2, 0) is 0 Å². The largest absolute Gasteiger partial charge is 0.0853 e. The van der Waals surface area contributed by atoms with Crippen molar-refractivity contribution in [1.29, 1.82) is 0 Å². The molecule has 0 aliphatic carbocycles. The van der Waals surface area contributed by atoms with Crippen molar-refractivity contribution < 1.29 is 0 Å². The Labute approximate surface area is 52.6 Å². The fraction of sp³-hybridized carbons (Fsp3) is 0.625. The van der Waals surface area contributed by atoms with Crippen LogP contribution in [0.3, 0.4) is 0 Å². The maximum atomic E-state index is 2.26. The van der Waals surface area contributed by atoms with Gasteiger partial charge in [0.15, 0.2) is 0 Å². The van der Waals surface area contributed by atoms with Crippen molar-refractivity contribution in [1.82, 2.24) is 0 Å². The molecule has 0 aromatic carbocycles. The molecule has 0 heterocycles. The van der Waals surface area contributed by atoms with Crippen LogP contribution in [0.25, 0.3) is 0 Å². The minimum Gasteiger partial charge on any atom is -0.0853 e. The second-order valence-corrected chi connectivity index (χ2v) is 2.03. The van der Waals surface area contributed by atoms with Crippen molar-refractivity contribution in [3.05, 3.63) is 18.1 Å². The highest BCUT2D eigenvalue weighted by Gasteiger charge is 1.80. The van der Waals surface area contributed by atoms with E-state index in [4.69, 9.17) is 0 Å². The van der Waals surface area contributed by atoms with Crippen LogP contribution in [0.4, 0.5) is 0 Å².